The molecule has 120 valence electrons. The highest BCUT2D eigenvalue weighted by Crippen LogP contribution is 2.22. The van der Waals surface area contributed by atoms with E-state index in [0.717, 1.165) is 35.0 Å². The molecular formula is C20H18N2O2. The van der Waals surface area contributed by atoms with Crippen molar-refractivity contribution < 1.29 is 0 Å². The zero-order chi connectivity index (χ0) is 16.8. The number of benzene rings is 2. The van der Waals surface area contributed by atoms with Crippen molar-refractivity contribution in [1.29, 1.82) is 0 Å². The fourth-order valence-corrected chi connectivity index (χ4v) is 3.59. The molecule has 4 rings (SSSR count). The first kappa shape index (κ1) is 14.7. The van der Waals surface area contributed by atoms with Gasteiger partial charge in [-0.05, 0) is 37.1 Å². The lowest BCUT2D eigenvalue weighted by Gasteiger charge is -2.17. The Morgan fingerprint density at radius 3 is 1.96 bits per heavy atom. The summed E-state index contributed by atoms with van der Waals surface area (Å²) in [7, 11) is 0. The normalized spacial score (nSPS) is 11.6. The third-order valence-corrected chi connectivity index (χ3v) is 4.68. The lowest BCUT2D eigenvalue weighted by Crippen LogP contribution is -2.32. The standard InChI is InChI=1S/C20H18N2O2/c1-3-8-14-13(2)21-19(23)16-10-4-5-11-17(16)20(24)22(21)18-12-7-6-9-15(14)18/h4-7,9-12H,3,8H2,1-2H3. The second-order valence-corrected chi connectivity index (χ2v) is 6.11. The first-order valence-electron chi connectivity index (χ1n) is 8.22. The topological polar surface area (TPSA) is 43.0 Å². The summed E-state index contributed by atoms with van der Waals surface area (Å²) in [5.41, 5.74) is 2.44. The minimum absolute atomic E-state index is 0.147. The van der Waals surface area contributed by atoms with Gasteiger partial charge in [-0.15, -0.1) is 0 Å². The van der Waals surface area contributed by atoms with Crippen LogP contribution >= 0.6 is 0 Å². The molecule has 0 N–H and O–H groups in total. The van der Waals surface area contributed by atoms with Crippen molar-refractivity contribution in [2.75, 3.05) is 0 Å². The van der Waals surface area contributed by atoms with E-state index in [4.69, 9.17) is 0 Å². The van der Waals surface area contributed by atoms with E-state index in [-0.39, 0.29) is 11.1 Å². The molecule has 2 aromatic heterocycles. The third kappa shape index (κ3) is 1.86. The number of para-hydroxylation sites is 1. The Morgan fingerprint density at radius 1 is 0.792 bits per heavy atom. The summed E-state index contributed by atoms with van der Waals surface area (Å²) >= 11 is 0. The summed E-state index contributed by atoms with van der Waals surface area (Å²) in [5, 5.41) is 1.96. The molecule has 0 fully saturated rings. The van der Waals surface area contributed by atoms with Gasteiger partial charge in [0.25, 0.3) is 11.1 Å². The largest absolute Gasteiger partial charge is 0.278 e. The third-order valence-electron chi connectivity index (χ3n) is 4.68. The second-order valence-electron chi connectivity index (χ2n) is 6.11. The highest BCUT2D eigenvalue weighted by atomic mass is 16.2. The van der Waals surface area contributed by atoms with E-state index in [1.54, 1.807) is 24.3 Å². The van der Waals surface area contributed by atoms with Crippen LogP contribution in [0.25, 0.3) is 21.7 Å². The number of rotatable bonds is 2. The zero-order valence-electron chi connectivity index (χ0n) is 13.7. The number of aryl methyl sites for hydroxylation is 2. The van der Waals surface area contributed by atoms with Crippen LogP contribution in [0.1, 0.15) is 24.6 Å². The highest BCUT2D eigenvalue weighted by molar-refractivity contribution is 5.86. The Morgan fingerprint density at radius 2 is 1.33 bits per heavy atom. The van der Waals surface area contributed by atoms with Crippen LogP contribution in [0.2, 0.25) is 0 Å². The van der Waals surface area contributed by atoms with Crippen LogP contribution in [-0.2, 0) is 6.42 Å². The molecule has 0 atom stereocenters. The first-order valence-corrected chi connectivity index (χ1v) is 8.22. The maximum atomic E-state index is 13.1. The summed E-state index contributed by atoms with van der Waals surface area (Å²) in [4.78, 5) is 26.1. The van der Waals surface area contributed by atoms with E-state index in [1.807, 2.05) is 31.2 Å². The molecule has 0 aliphatic heterocycles. The van der Waals surface area contributed by atoms with Crippen LogP contribution in [0.3, 0.4) is 0 Å². The SMILES string of the molecule is CCCc1c(C)n2c(=O)c3ccccc3c(=O)n2c2ccccc12. The summed E-state index contributed by atoms with van der Waals surface area (Å²) in [5.74, 6) is 0. The van der Waals surface area contributed by atoms with Crippen molar-refractivity contribution in [3.63, 3.8) is 0 Å². The second kappa shape index (κ2) is 5.34. The van der Waals surface area contributed by atoms with Crippen LogP contribution in [0.15, 0.2) is 58.1 Å². The Hall–Kier alpha value is -2.88. The Kier molecular flexibility index (Phi) is 3.27. The number of hydrogen-bond donors (Lipinski definition) is 0. The average molecular weight is 318 g/mol. The van der Waals surface area contributed by atoms with Gasteiger partial charge in [0.15, 0.2) is 0 Å². The average Bonchev–Trinajstić information content (AvgIpc) is 2.62. The molecule has 0 spiro atoms. The van der Waals surface area contributed by atoms with E-state index in [2.05, 4.69) is 6.92 Å². The molecule has 0 radical (unpaired) electrons. The monoisotopic (exact) mass is 318 g/mol. The lowest BCUT2D eigenvalue weighted by molar-refractivity contribution is 0.728. The molecule has 0 amide bonds. The van der Waals surface area contributed by atoms with Gasteiger partial charge in [0.2, 0.25) is 0 Å². The molecule has 0 aliphatic carbocycles. The van der Waals surface area contributed by atoms with Gasteiger partial charge in [0, 0.05) is 11.1 Å². The molecule has 24 heavy (non-hydrogen) atoms. The predicted molar refractivity (Wildman–Crippen MR) is 97.1 cm³/mol. The molecule has 0 bridgehead atoms. The van der Waals surface area contributed by atoms with E-state index in [1.165, 1.54) is 9.03 Å². The molecule has 4 heteroatoms. The molecule has 4 aromatic rings. The van der Waals surface area contributed by atoms with Gasteiger partial charge in [-0.2, -0.15) is 0 Å². The number of fused-ring (bicyclic) bond motifs is 4. The van der Waals surface area contributed by atoms with Crippen molar-refractivity contribution in [1.82, 2.24) is 9.03 Å². The molecule has 0 saturated carbocycles. The van der Waals surface area contributed by atoms with E-state index < -0.39 is 0 Å². The molecule has 2 aromatic carbocycles. The fourth-order valence-electron chi connectivity index (χ4n) is 3.59. The first-order chi connectivity index (χ1) is 11.6. The number of nitrogens with zero attached hydrogens (tertiary/aromatic N) is 2. The smallest absolute Gasteiger partial charge is 0.267 e. The Bertz CT molecular complexity index is 1220. The summed E-state index contributed by atoms with van der Waals surface area (Å²) in [6.07, 6.45) is 1.85. The van der Waals surface area contributed by atoms with Gasteiger partial charge >= 0.3 is 0 Å². The molecular weight excluding hydrogens is 300 g/mol. The van der Waals surface area contributed by atoms with Gasteiger partial charge in [-0.3, -0.25) is 9.59 Å². The fraction of sp³-hybridized carbons (Fsp3) is 0.200. The van der Waals surface area contributed by atoms with Crippen LogP contribution < -0.4 is 11.1 Å². The van der Waals surface area contributed by atoms with Crippen molar-refractivity contribution in [2.24, 2.45) is 0 Å². The van der Waals surface area contributed by atoms with Crippen molar-refractivity contribution >= 4 is 21.7 Å². The van der Waals surface area contributed by atoms with Crippen molar-refractivity contribution in [3.8, 4) is 0 Å². The van der Waals surface area contributed by atoms with E-state index in [0.29, 0.717) is 10.8 Å². The van der Waals surface area contributed by atoms with Gasteiger partial charge in [-0.25, -0.2) is 9.03 Å². The minimum Gasteiger partial charge on any atom is -0.267 e. The molecule has 4 nitrogen and oxygen atoms in total. The predicted octanol–water partition coefficient (Wildman–Crippen LogP) is 3.33. The molecule has 0 aliphatic rings. The minimum atomic E-state index is -0.160. The van der Waals surface area contributed by atoms with Crippen molar-refractivity contribution in [3.05, 3.63) is 80.5 Å². The Labute approximate surface area is 138 Å². The number of aromatic nitrogens is 2. The van der Waals surface area contributed by atoms with Crippen LogP contribution in [-0.4, -0.2) is 9.03 Å². The molecule has 0 unspecified atom stereocenters. The molecule has 0 saturated heterocycles. The highest BCUT2D eigenvalue weighted by Gasteiger charge is 2.16. The van der Waals surface area contributed by atoms with Gasteiger partial charge in [0.1, 0.15) is 0 Å². The van der Waals surface area contributed by atoms with E-state index >= 15 is 0 Å². The summed E-state index contributed by atoms with van der Waals surface area (Å²) in [6, 6.07) is 14.8. The lowest BCUT2D eigenvalue weighted by atomic mass is 10.0. The maximum absolute atomic E-state index is 13.1. The van der Waals surface area contributed by atoms with Crippen LogP contribution in [0, 0.1) is 6.92 Å². The zero-order valence-corrected chi connectivity index (χ0v) is 13.7. The summed E-state index contributed by atoms with van der Waals surface area (Å²) in [6.45, 7) is 4.04. The van der Waals surface area contributed by atoms with Crippen molar-refractivity contribution in [2.45, 2.75) is 26.7 Å². The van der Waals surface area contributed by atoms with Gasteiger partial charge < -0.3 is 0 Å². The summed E-state index contributed by atoms with van der Waals surface area (Å²) < 4.78 is 3.06. The maximum Gasteiger partial charge on any atom is 0.278 e. The van der Waals surface area contributed by atoms with E-state index in [9.17, 15) is 9.59 Å². The van der Waals surface area contributed by atoms with Gasteiger partial charge in [-0.1, -0.05) is 43.7 Å². The molecule has 2 heterocycles. The van der Waals surface area contributed by atoms with Crippen LogP contribution in [0.4, 0.5) is 0 Å². The number of hydrogen-bond acceptors (Lipinski definition) is 2. The quantitative estimate of drug-likeness (QED) is 0.420. The van der Waals surface area contributed by atoms with Gasteiger partial charge in [0.05, 0.1) is 16.3 Å². The Balaban J connectivity index is 2.42. The van der Waals surface area contributed by atoms with Crippen LogP contribution in [0.5, 0.6) is 0 Å².